The molecule has 2 unspecified atom stereocenters. The van der Waals surface area contributed by atoms with E-state index < -0.39 is 5.97 Å². The van der Waals surface area contributed by atoms with E-state index in [4.69, 9.17) is 9.73 Å². The van der Waals surface area contributed by atoms with Gasteiger partial charge in [0, 0.05) is 12.6 Å². The fraction of sp³-hybridized carbons (Fsp3) is 0.667. The number of likely N-dealkylation sites (tertiary alicyclic amines) is 1. The molecular weight excluding hydrogens is 378 g/mol. The number of guanidine groups is 1. The number of nitrogens with zero attached hydrogens (tertiary/aromatic N) is 2. The van der Waals surface area contributed by atoms with Gasteiger partial charge in [0.2, 0.25) is 0 Å². The van der Waals surface area contributed by atoms with Gasteiger partial charge in [0.05, 0.1) is 24.4 Å². The lowest BCUT2D eigenvalue weighted by Gasteiger charge is -2.45. The van der Waals surface area contributed by atoms with E-state index in [1.54, 1.807) is 18.2 Å². The Kier molecular flexibility index (Phi) is 6.80. The number of anilines is 1. The average Bonchev–Trinajstić information content (AvgIpc) is 2.79. The predicted molar refractivity (Wildman–Crippen MR) is 119 cm³/mol. The first-order chi connectivity index (χ1) is 14.7. The maximum Gasteiger partial charge on any atom is 0.337 e. The number of carbonyl (C=O) groups is 1. The van der Waals surface area contributed by atoms with Crippen LogP contribution in [-0.4, -0.2) is 47.7 Å². The number of hydrogen-bond acceptors (Lipinski definition) is 4. The highest BCUT2D eigenvalue weighted by molar-refractivity contribution is 5.98. The number of piperidine rings is 1. The molecule has 1 heterocycles. The van der Waals surface area contributed by atoms with E-state index in [1.165, 1.54) is 64.9 Å². The summed E-state index contributed by atoms with van der Waals surface area (Å²) in [5.74, 6) is 1.32. The molecule has 0 radical (unpaired) electrons. The van der Waals surface area contributed by atoms with Crippen molar-refractivity contribution in [2.24, 2.45) is 10.9 Å². The van der Waals surface area contributed by atoms with Gasteiger partial charge in [-0.2, -0.15) is 0 Å². The molecule has 4 rings (SSSR count). The van der Waals surface area contributed by atoms with Gasteiger partial charge >= 0.3 is 5.97 Å². The third-order valence-corrected chi connectivity index (χ3v) is 7.06. The Balaban J connectivity index is 1.64. The quantitative estimate of drug-likeness (QED) is 0.318. The van der Waals surface area contributed by atoms with Gasteiger partial charge in [-0.05, 0) is 62.6 Å². The third-order valence-electron chi connectivity index (χ3n) is 7.06. The molecule has 164 valence electrons. The Morgan fingerprint density at radius 2 is 1.80 bits per heavy atom. The van der Waals surface area contributed by atoms with Crippen molar-refractivity contribution in [1.29, 1.82) is 0 Å². The summed E-state index contributed by atoms with van der Waals surface area (Å²) < 4.78 is 4.86. The van der Waals surface area contributed by atoms with Gasteiger partial charge in [0.1, 0.15) is 5.75 Å². The van der Waals surface area contributed by atoms with E-state index in [0.717, 1.165) is 31.3 Å². The van der Waals surface area contributed by atoms with E-state index in [0.29, 0.717) is 23.3 Å². The number of phenolic OH excluding ortho intramolecular Hbond substituents is 1. The number of fused-ring (bicyclic) bond motifs is 1. The van der Waals surface area contributed by atoms with Crippen molar-refractivity contribution in [1.82, 2.24) is 4.90 Å². The molecule has 0 amide bonds. The van der Waals surface area contributed by atoms with Gasteiger partial charge in [0.15, 0.2) is 5.96 Å². The topological polar surface area (TPSA) is 74.2 Å². The minimum atomic E-state index is -0.408. The van der Waals surface area contributed by atoms with Crippen molar-refractivity contribution < 1.29 is 14.6 Å². The normalized spacial score (nSPS) is 25.5. The summed E-state index contributed by atoms with van der Waals surface area (Å²) in [5.41, 5.74) is 0.939. The Morgan fingerprint density at radius 3 is 2.60 bits per heavy atom. The van der Waals surface area contributed by atoms with Gasteiger partial charge in [-0.3, -0.25) is 0 Å². The van der Waals surface area contributed by atoms with Crippen LogP contribution in [0.2, 0.25) is 0 Å². The van der Waals surface area contributed by atoms with Crippen LogP contribution in [0.1, 0.15) is 81.0 Å². The molecule has 6 heteroatoms. The first-order valence-corrected chi connectivity index (χ1v) is 11.7. The number of benzene rings is 1. The van der Waals surface area contributed by atoms with Crippen LogP contribution in [0.25, 0.3) is 0 Å². The molecular formula is C24H35N3O3. The molecule has 1 saturated heterocycles. The maximum atomic E-state index is 12.0. The molecule has 2 N–H and O–H groups in total. The Labute approximate surface area is 179 Å². The van der Waals surface area contributed by atoms with Crippen LogP contribution in [0.3, 0.4) is 0 Å². The van der Waals surface area contributed by atoms with Crippen molar-refractivity contribution >= 4 is 17.6 Å². The Bertz CT molecular complexity index is 771. The SMILES string of the molecule is COC(=O)c1ccc(O)c(NC(=NC2CCCCC2)N2CCCC3CCCCC32)c1. The number of phenols is 1. The predicted octanol–water partition coefficient (Wildman–Crippen LogP) is 4.93. The summed E-state index contributed by atoms with van der Waals surface area (Å²) in [7, 11) is 1.37. The number of hydrogen-bond donors (Lipinski definition) is 2. The van der Waals surface area contributed by atoms with Crippen LogP contribution in [0.5, 0.6) is 5.75 Å². The molecule has 3 aliphatic rings. The van der Waals surface area contributed by atoms with Crippen LogP contribution in [0.4, 0.5) is 5.69 Å². The molecule has 1 aliphatic heterocycles. The first kappa shape index (κ1) is 21.0. The highest BCUT2D eigenvalue weighted by Gasteiger charge is 2.35. The smallest absolute Gasteiger partial charge is 0.337 e. The lowest BCUT2D eigenvalue weighted by atomic mass is 9.78. The summed E-state index contributed by atoms with van der Waals surface area (Å²) in [6.07, 6.45) is 13.6. The minimum Gasteiger partial charge on any atom is -0.506 e. The fourth-order valence-electron chi connectivity index (χ4n) is 5.45. The zero-order valence-electron chi connectivity index (χ0n) is 18.1. The number of ether oxygens (including phenoxy) is 1. The van der Waals surface area contributed by atoms with E-state index >= 15 is 0 Å². The van der Waals surface area contributed by atoms with Crippen LogP contribution in [0.15, 0.2) is 23.2 Å². The second kappa shape index (κ2) is 9.71. The second-order valence-corrected chi connectivity index (χ2v) is 9.04. The molecule has 30 heavy (non-hydrogen) atoms. The fourth-order valence-corrected chi connectivity index (χ4v) is 5.45. The molecule has 1 aromatic carbocycles. The van der Waals surface area contributed by atoms with Gasteiger partial charge in [0.25, 0.3) is 0 Å². The van der Waals surface area contributed by atoms with E-state index in [-0.39, 0.29) is 5.75 Å². The van der Waals surface area contributed by atoms with E-state index in [9.17, 15) is 9.90 Å². The monoisotopic (exact) mass is 413 g/mol. The maximum absolute atomic E-state index is 12.0. The van der Waals surface area contributed by atoms with Gasteiger partial charge < -0.3 is 20.1 Å². The van der Waals surface area contributed by atoms with Crippen LogP contribution in [0, 0.1) is 5.92 Å². The van der Waals surface area contributed by atoms with E-state index in [1.807, 2.05) is 0 Å². The molecule has 2 saturated carbocycles. The summed E-state index contributed by atoms with van der Waals surface area (Å²) in [6.45, 7) is 0.997. The minimum absolute atomic E-state index is 0.121. The van der Waals surface area contributed by atoms with Gasteiger partial charge in [-0.15, -0.1) is 0 Å². The van der Waals surface area contributed by atoms with Crippen LogP contribution in [-0.2, 0) is 4.74 Å². The largest absolute Gasteiger partial charge is 0.506 e. The molecule has 1 aromatic rings. The number of esters is 1. The third kappa shape index (κ3) is 4.73. The zero-order valence-corrected chi connectivity index (χ0v) is 18.1. The molecule has 3 fully saturated rings. The Morgan fingerprint density at radius 1 is 1.07 bits per heavy atom. The molecule has 2 aliphatic carbocycles. The van der Waals surface area contributed by atoms with Gasteiger partial charge in [-0.25, -0.2) is 9.79 Å². The summed E-state index contributed by atoms with van der Waals surface area (Å²) in [5, 5.41) is 13.9. The highest BCUT2D eigenvalue weighted by Crippen LogP contribution is 2.36. The number of aromatic hydroxyl groups is 1. The van der Waals surface area contributed by atoms with Crippen LogP contribution >= 0.6 is 0 Å². The summed E-state index contributed by atoms with van der Waals surface area (Å²) in [4.78, 5) is 19.6. The van der Waals surface area contributed by atoms with Crippen molar-refractivity contribution in [3.63, 3.8) is 0 Å². The average molecular weight is 414 g/mol. The summed E-state index contributed by atoms with van der Waals surface area (Å²) >= 11 is 0. The van der Waals surface area contributed by atoms with Crippen molar-refractivity contribution in [2.45, 2.75) is 82.7 Å². The Hall–Kier alpha value is -2.24. The van der Waals surface area contributed by atoms with E-state index in [2.05, 4.69) is 10.2 Å². The molecule has 0 spiro atoms. The molecule has 2 atom stereocenters. The lowest BCUT2D eigenvalue weighted by molar-refractivity contribution is 0.0601. The van der Waals surface area contributed by atoms with Gasteiger partial charge in [-0.1, -0.05) is 32.1 Å². The summed E-state index contributed by atoms with van der Waals surface area (Å²) in [6, 6.07) is 5.65. The van der Waals surface area contributed by atoms with Crippen molar-refractivity contribution in [2.75, 3.05) is 19.0 Å². The second-order valence-electron chi connectivity index (χ2n) is 9.04. The number of nitrogens with one attached hydrogen (secondary N) is 1. The molecule has 0 bridgehead atoms. The highest BCUT2D eigenvalue weighted by atomic mass is 16.5. The van der Waals surface area contributed by atoms with Crippen molar-refractivity contribution in [3.05, 3.63) is 23.8 Å². The molecule has 6 nitrogen and oxygen atoms in total. The molecule has 0 aromatic heterocycles. The van der Waals surface area contributed by atoms with Crippen LogP contribution < -0.4 is 5.32 Å². The number of rotatable bonds is 3. The number of carbonyl (C=O) groups excluding carboxylic acids is 1. The standard InChI is InChI=1S/C24H35N3O3/c1-30-23(29)18-13-14-22(28)20(16-18)26-24(25-19-10-3-2-4-11-19)27-15-7-9-17-8-5-6-12-21(17)27/h13-14,16-17,19,21,28H,2-12,15H2,1H3,(H,25,26). The lowest BCUT2D eigenvalue weighted by Crippen LogP contribution is -2.52. The van der Waals surface area contributed by atoms with Crippen molar-refractivity contribution in [3.8, 4) is 5.75 Å². The number of methoxy groups -OCH3 is 1. The number of aliphatic imine (C=N–C) groups is 1. The first-order valence-electron chi connectivity index (χ1n) is 11.7. The zero-order chi connectivity index (χ0) is 20.9.